The molecular formula is C30H37N5. The molecule has 5 heteroatoms. The number of hydrogen-bond donors (Lipinski definition) is 3. The summed E-state index contributed by atoms with van der Waals surface area (Å²) in [6.45, 7) is 14.4. The Hall–Kier alpha value is -3.99. The van der Waals surface area contributed by atoms with E-state index in [2.05, 4.69) is 103 Å². The van der Waals surface area contributed by atoms with Crippen molar-refractivity contribution in [3.05, 3.63) is 114 Å². The van der Waals surface area contributed by atoms with E-state index in [4.69, 9.17) is 5.41 Å². The van der Waals surface area contributed by atoms with Gasteiger partial charge in [-0.15, -0.1) is 0 Å². The number of allylic oxidation sites excluding steroid dienone is 1. The summed E-state index contributed by atoms with van der Waals surface area (Å²) in [5, 5.41) is 14.7. The summed E-state index contributed by atoms with van der Waals surface area (Å²) < 4.78 is 4.13. The SMILES string of the molecule is C=C(Cn1c(=N)n(CCC)c2ccccc21)c1ccc(C)cc1.C=CNCc1ccc(NC)cc1. The molecule has 182 valence electrons. The fourth-order valence-corrected chi connectivity index (χ4v) is 3.96. The zero-order chi connectivity index (χ0) is 25.2. The Morgan fingerprint density at radius 1 is 0.943 bits per heavy atom. The molecule has 0 radical (unpaired) electrons. The maximum Gasteiger partial charge on any atom is 0.203 e. The Bertz CT molecular complexity index is 1310. The molecule has 35 heavy (non-hydrogen) atoms. The van der Waals surface area contributed by atoms with Crippen LogP contribution in [0.15, 0.2) is 92.2 Å². The van der Waals surface area contributed by atoms with Crippen LogP contribution in [0.2, 0.25) is 0 Å². The van der Waals surface area contributed by atoms with Crippen molar-refractivity contribution in [1.82, 2.24) is 14.5 Å². The molecule has 0 saturated carbocycles. The number of fused-ring (bicyclic) bond motifs is 1. The molecule has 1 heterocycles. The Kier molecular flexibility index (Phi) is 9.13. The van der Waals surface area contributed by atoms with Gasteiger partial charge >= 0.3 is 0 Å². The van der Waals surface area contributed by atoms with Crippen LogP contribution in [0.1, 0.15) is 30.0 Å². The second-order valence-electron chi connectivity index (χ2n) is 8.55. The molecule has 0 atom stereocenters. The molecule has 1 aromatic heterocycles. The fourth-order valence-electron chi connectivity index (χ4n) is 3.96. The monoisotopic (exact) mass is 467 g/mol. The number of nitrogens with one attached hydrogen (secondary N) is 3. The third-order valence-electron chi connectivity index (χ3n) is 5.92. The first-order valence-electron chi connectivity index (χ1n) is 12.1. The van der Waals surface area contributed by atoms with E-state index >= 15 is 0 Å². The average Bonchev–Trinajstić information content (AvgIpc) is 3.15. The first-order chi connectivity index (χ1) is 17.0. The Morgan fingerprint density at radius 2 is 1.57 bits per heavy atom. The molecule has 0 aliphatic rings. The van der Waals surface area contributed by atoms with Gasteiger partial charge in [0.05, 0.1) is 17.6 Å². The molecule has 3 aromatic carbocycles. The number of nitrogens with zero attached hydrogens (tertiary/aromatic N) is 2. The fraction of sp³-hybridized carbons (Fsp3) is 0.233. The Morgan fingerprint density at radius 3 is 2.14 bits per heavy atom. The molecule has 0 unspecified atom stereocenters. The van der Waals surface area contributed by atoms with E-state index in [9.17, 15) is 0 Å². The van der Waals surface area contributed by atoms with Crippen LogP contribution >= 0.6 is 0 Å². The van der Waals surface area contributed by atoms with E-state index in [0.29, 0.717) is 12.2 Å². The average molecular weight is 468 g/mol. The second kappa shape index (κ2) is 12.5. The van der Waals surface area contributed by atoms with Crippen molar-refractivity contribution in [2.24, 2.45) is 0 Å². The van der Waals surface area contributed by atoms with Gasteiger partial charge in [-0.2, -0.15) is 0 Å². The molecular weight excluding hydrogens is 430 g/mol. The molecule has 0 aliphatic carbocycles. The van der Waals surface area contributed by atoms with Crippen LogP contribution in [0.25, 0.3) is 16.6 Å². The summed E-state index contributed by atoms with van der Waals surface area (Å²) in [6, 6.07) is 24.9. The number of benzene rings is 3. The standard InChI is InChI=1S/C20H23N3.C10H14N2/c1-4-13-22-18-7-5-6-8-19(18)23(20(22)21)14-16(3)17-11-9-15(2)10-12-17;1-3-12-8-9-4-6-10(11-2)7-5-9/h5-12,21H,3-4,13-14H2,1-2H3;3-7,11-12H,1,8H2,2H3. The van der Waals surface area contributed by atoms with Crippen LogP contribution in [0.5, 0.6) is 0 Å². The lowest BCUT2D eigenvalue weighted by Gasteiger charge is -2.09. The zero-order valence-corrected chi connectivity index (χ0v) is 21.1. The van der Waals surface area contributed by atoms with E-state index in [1.165, 1.54) is 11.1 Å². The van der Waals surface area contributed by atoms with Gasteiger partial charge in [-0.05, 0) is 60.5 Å². The molecule has 0 aliphatic heterocycles. The van der Waals surface area contributed by atoms with Crippen molar-refractivity contribution in [3.63, 3.8) is 0 Å². The van der Waals surface area contributed by atoms with Crippen LogP contribution < -0.4 is 16.3 Å². The third kappa shape index (κ3) is 6.54. The van der Waals surface area contributed by atoms with E-state index in [1.807, 2.05) is 23.7 Å². The molecule has 0 amide bonds. The van der Waals surface area contributed by atoms with E-state index < -0.39 is 0 Å². The number of aryl methyl sites for hydroxylation is 2. The molecule has 4 aromatic rings. The van der Waals surface area contributed by atoms with Crippen LogP contribution in [-0.4, -0.2) is 16.2 Å². The summed E-state index contributed by atoms with van der Waals surface area (Å²) in [5.41, 5.74) is 8.57. The highest BCUT2D eigenvalue weighted by Gasteiger charge is 2.11. The van der Waals surface area contributed by atoms with Gasteiger partial charge in [0.1, 0.15) is 0 Å². The van der Waals surface area contributed by atoms with Crippen molar-refractivity contribution < 1.29 is 0 Å². The predicted molar refractivity (Wildman–Crippen MR) is 149 cm³/mol. The van der Waals surface area contributed by atoms with Crippen molar-refractivity contribution in [2.75, 3.05) is 12.4 Å². The van der Waals surface area contributed by atoms with E-state index in [1.54, 1.807) is 6.20 Å². The molecule has 4 rings (SSSR count). The molecule has 0 bridgehead atoms. The molecule has 0 fully saturated rings. The Labute approximate surface area is 209 Å². The normalized spacial score (nSPS) is 10.4. The number of rotatable bonds is 9. The number of para-hydroxylation sites is 2. The predicted octanol–water partition coefficient (Wildman–Crippen LogP) is 6.32. The largest absolute Gasteiger partial charge is 0.388 e. The lowest BCUT2D eigenvalue weighted by atomic mass is 10.1. The van der Waals surface area contributed by atoms with Crippen molar-refractivity contribution >= 4 is 22.3 Å². The number of hydrogen-bond acceptors (Lipinski definition) is 3. The highest BCUT2D eigenvalue weighted by atomic mass is 15.2. The highest BCUT2D eigenvalue weighted by molar-refractivity contribution is 5.77. The molecule has 5 nitrogen and oxygen atoms in total. The maximum absolute atomic E-state index is 8.55. The van der Waals surface area contributed by atoms with E-state index in [-0.39, 0.29) is 0 Å². The van der Waals surface area contributed by atoms with Crippen molar-refractivity contribution in [3.8, 4) is 0 Å². The van der Waals surface area contributed by atoms with Crippen molar-refractivity contribution in [1.29, 1.82) is 5.41 Å². The van der Waals surface area contributed by atoms with Gasteiger partial charge in [0.15, 0.2) is 0 Å². The van der Waals surface area contributed by atoms with E-state index in [0.717, 1.165) is 47.4 Å². The Balaban J connectivity index is 0.000000241. The molecule has 0 saturated heterocycles. The van der Waals surface area contributed by atoms with Gasteiger partial charge in [-0.25, -0.2) is 0 Å². The number of anilines is 1. The summed E-state index contributed by atoms with van der Waals surface area (Å²) in [6.07, 6.45) is 2.72. The zero-order valence-electron chi connectivity index (χ0n) is 21.1. The first kappa shape index (κ1) is 25.6. The quantitative estimate of drug-likeness (QED) is 0.270. The summed E-state index contributed by atoms with van der Waals surface area (Å²) in [7, 11) is 1.91. The van der Waals surface area contributed by atoms with Gasteiger partial charge < -0.3 is 19.8 Å². The van der Waals surface area contributed by atoms with Crippen LogP contribution in [0, 0.1) is 12.3 Å². The van der Waals surface area contributed by atoms with Gasteiger partial charge in [-0.1, -0.05) is 74.2 Å². The van der Waals surface area contributed by atoms with Crippen LogP contribution in [0.3, 0.4) is 0 Å². The van der Waals surface area contributed by atoms with Gasteiger partial charge in [0.25, 0.3) is 0 Å². The third-order valence-corrected chi connectivity index (χ3v) is 5.92. The number of imidazole rings is 1. The second-order valence-corrected chi connectivity index (χ2v) is 8.55. The number of aromatic nitrogens is 2. The van der Waals surface area contributed by atoms with Crippen molar-refractivity contribution in [2.45, 2.75) is 39.9 Å². The minimum absolute atomic E-state index is 0.543. The minimum Gasteiger partial charge on any atom is -0.388 e. The lowest BCUT2D eigenvalue weighted by molar-refractivity contribution is 0.618. The van der Waals surface area contributed by atoms with Gasteiger partial charge in [-0.3, -0.25) is 5.41 Å². The summed E-state index contributed by atoms with van der Waals surface area (Å²) in [4.78, 5) is 0. The lowest BCUT2D eigenvalue weighted by Crippen LogP contribution is -2.25. The van der Waals surface area contributed by atoms with Gasteiger partial charge in [0.2, 0.25) is 5.62 Å². The first-order valence-corrected chi connectivity index (χ1v) is 12.1. The smallest absolute Gasteiger partial charge is 0.203 e. The van der Waals surface area contributed by atoms with Crippen LogP contribution in [0.4, 0.5) is 5.69 Å². The summed E-state index contributed by atoms with van der Waals surface area (Å²) in [5.74, 6) is 0. The van der Waals surface area contributed by atoms with Gasteiger partial charge in [0, 0.05) is 25.8 Å². The molecule has 3 N–H and O–H groups in total. The topological polar surface area (TPSA) is 57.8 Å². The summed E-state index contributed by atoms with van der Waals surface area (Å²) >= 11 is 0. The van der Waals surface area contributed by atoms with Crippen LogP contribution in [-0.2, 0) is 19.6 Å². The highest BCUT2D eigenvalue weighted by Crippen LogP contribution is 2.19. The molecule has 0 spiro atoms. The maximum atomic E-state index is 8.55. The minimum atomic E-state index is 0.543.